The van der Waals surface area contributed by atoms with Crippen molar-refractivity contribution in [3.8, 4) is 0 Å². The minimum atomic E-state index is -5.14. The highest BCUT2D eigenvalue weighted by Crippen LogP contribution is 2.38. The molecule has 1 aliphatic heterocycles. The monoisotopic (exact) mass is 989 g/mol. The summed E-state index contributed by atoms with van der Waals surface area (Å²) < 4.78 is 17.6. The van der Waals surface area contributed by atoms with E-state index in [9.17, 15) is 53.0 Å². The fourth-order valence-electron chi connectivity index (χ4n) is 7.29. The van der Waals surface area contributed by atoms with Crippen molar-refractivity contribution in [1.82, 2.24) is 40.7 Å². The van der Waals surface area contributed by atoms with E-state index in [1.807, 2.05) is 32.0 Å². The van der Waals surface area contributed by atoms with Gasteiger partial charge in [-0.2, -0.15) is 0 Å². The zero-order valence-corrected chi connectivity index (χ0v) is 40.1. The van der Waals surface area contributed by atoms with E-state index < -0.39 is 80.3 Å². The van der Waals surface area contributed by atoms with Crippen LogP contribution < -0.4 is 31.9 Å². The summed E-state index contributed by atoms with van der Waals surface area (Å²) in [4.78, 5) is 127. The first-order valence-corrected chi connectivity index (χ1v) is 24.2. The number of nitrogens with two attached hydrogens (primary N) is 1. The van der Waals surface area contributed by atoms with Gasteiger partial charge in [0.2, 0.25) is 41.4 Å². The topological polar surface area (TPSA) is 339 Å². The van der Waals surface area contributed by atoms with Crippen molar-refractivity contribution in [3.05, 3.63) is 58.9 Å². The smallest absolute Gasteiger partial charge is 0.396 e. The molecule has 0 bridgehead atoms. The predicted octanol–water partition coefficient (Wildman–Crippen LogP) is 0.369. The molecule has 0 saturated carbocycles. The number of benzene rings is 1. The Morgan fingerprint density at radius 1 is 0.985 bits per heavy atom. The number of amides is 7. The minimum Gasteiger partial charge on any atom is -0.396 e. The van der Waals surface area contributed by atoms with Crippen LogP contribution in [-0.4, -0.2) is 138 Å². The third kappa shape index (κ3) is 16.6. The summed E-state index contributed by atoms with van der Waals surface area (Å²) in [7, 11) is -5.14. The van der Waals surface area contributed by atoms with Gasteiger partial charge in [-0.15, -0.1) is 11.3 Å². The van der Waals surface area contributed by atoms with Crippen LogP contribution in [0.3, 0.4) is 0 Å². The minimum absolute atomic E-state index is 0.122. The van der Waals surface area contributed by atoms with Crippen molar-refractivity contribution in [2.75, 3.05) is 24.7 Å². The van der Waals surface area contributed by atoms with Gasteiger partial charge in [-0.05, 0) is 57.1 Å². The largest absolute Gasteiger partial charge is 0.469 e. The van der Waals surface area contributed by atoms with Gasteiger partial charge in [0.25, 0.3) is 0 Å². The molecule has 0 spiro atoms. The maximum absolute atomic E-state index is 14.1. The van der Waals surface area contributed by atoms with Gasteiger partial charge in [-0.1, -0.05) is 37.2 Å². The van der Waals surface area contributed by atoms with Crippen LogP contribution in [0.5, 0.6) is 0 Å². The molecule has 0 radical (unpaired) electrons. The summed E-state index contributed by atoms with van der Waals surface area (Å²) >= 11 is 1.28. The number of nitrogens with zero attached hydrogens (tertiary/aromatic N) is 6. The molecule has 1 saturated heterocycles. The summed E-state index contributed by atoms with van der Waals surface area (Å²) in [5.74, 6) is -4.86. The number of aryl methyl sites for hydroxylation is 1. The lowest BCUT2D eigenvalue weighted by molar-refractivity contribution is -0.139. The zero-order valence-electron chi connectivity index (χ0n) is 38.3. The quantitative estimate of drug-likeness (QED) is 0.0233. The number of likely N-dealkylation sites (tertiary alicyclic amines) is 1. The third-order valence-electron chi connectivity index (χ3n) is 10.5. The number of imidazole rings is 1. The number of anilines is 2. The van der Waals surface area contributed by atoms with E-state index in [2.05, 4.69) is 40.9 Å². The Hall–Kier alpha value is -6.11. The van der Waals surface area contributed by atoms with Crippen LogP contribution in [0.25, 0.3) is 0 Å². The van der Waals surface area contributed by atoms with Crippen LogP contribution in [0.1, 0.15) is 77.4 Å². The first kappa shape index (κ1) is 54.5. The van der Waals surface area contributed by atoms with Crippen LogP contribution in [-0.2, 0) is 60.5 Å². The molecule has 0 aliphatic carbocycles. The molecular formula is C42H60N11O13PS. The lowest BCUT2D eigenvalue weighted by atomic mass is 10.0. The number of hydrogen-bond acceptors (Lipinski definition) is 15. The maximum Gasteiger partial charge on any atom is 0.469 e. The molecule has 7 amide bonds. The Bertz CT molecular complexity index is 2290. The van der Waals surface area contributed by atoms with E-state index in [4.69, 9.17) is 10.6 Å². The van der Waals surface area contributed by atoms with E-state index in [1.165, 1.54) is 53.7 Å². The van der Waals surface area contributed by atoms with E-state index in [0.717, 1.165) is 6.92 Å². The molecule has 2 aromatic heterocycles. The standard InChI is InChI=1S/C42H60N11O13PS/c1-25(2)18-31(47-42(61)34-14-11-16-52(34)27(4)55)39(58)46-32(40(59)48-33(22-54)41(60)50-37(38(43)57)26(3)66-67(62,63)64)19-30-20-44-24-51(30)15-9-10-17-65-45-21-36-49-35(23-68-36)53(28(5)56)29-12-7-6-8-13-29/h6-8,12-13,20-21,23-26,31-34,37,54H,9-11,14-19,22H2,1-5H3,(H2,43,57)(H,46,58)(H,47,61)(H,48,59)(H,50,60)(H2,62,63,64)/b45-21-/t26-,31+,32+,33+,34+,37+/m1/s1. The van der Waals surface area contributed by atoms with Gasteiger partial charge in [-0.3, -0.25) is 43.0 Å². The number of phosphoric acid groups is 1. The lowest BCUT2D eigenvalue weighted by Crippen LogP contribution is -2.61. The molecular weight excluding hydrogens is 930 g/mol. The number of thiazole rings is 1. The van der Waals surface area contributed by atoms with E-state index in [-0.39, 0.29) is 37.2 Å². The van der Waals surface area contributed by atoms with Crippen LogP contribution in [0.2, 0.25) is 0 Å². The van der Waals surface area contributed by atoms with Crippen LogP contribution in [0.4, 0.5) is 11.5 Å². The van der Waals surface area contributed by atoms with Crippen molar-refractivity contribution in [1.29, 1.82) is 0 Å². The first-order chi connectivity index (χ1) is 32.2. The molecule has 26 heteroatoms. The lowest BCUT2D eigenvalue weighted by Gasteiger charge is -2.28. The highest BCUT2D eigenvalue weighted by atomic mass is 32.1. The van der Waals surface area contributed by atoms with Crippen LogP contribution >= 0.6 is 19.2 Å². The summed E-state index contributed by atoms with van der Waals surface area (Å²) in [6.07, 6.45) is 4.80. The highest BCUT2D eigenvalue weighted by Gasteiger charge is 2.37. The Morgan fingerprint density at radius 3 is 2.29 bits per heavy atom. The van der Waals surface area contributed by atoms with Gasteiger partial charge >= 0.3 is 7.82 Å². The molecule has 3 heterocycles. The van der Waals surface area contributed by atoms with Crippen molar-refractivity contribution < 1.29 is 62.4 Å². The predicted molar refractivity (Wildman–Crippen MR) is 247 cm³/mol. The van der Waals surface area contributed by atoms with Gasteiger partial charge in [0, 0.05) is 50.6 Å². The van der Waals surface area contributed by atoms with Gasteiger partial charge in [0.05, 0.1) is 24.7 Å². The highest BCUT2D eigenvalue weighted by molar-refractivity contribution is 7.46. The number of para-hydroxylation sites is 1. The first-order valence-electron chi connectivity index (χ1n) is 21.8. The van der Waals surface area contributed by atoms with Crippen molar-refractivity contribution in [2.24, 2.45) is 16.8 Å². The molecule has 9 N–H and O–H groups in total. The average molecular weight is 990 g/mol. The fourth-order valence-corrected chi connectivity index (χ4v) is 8.48. The number of carbonyl (C=O) groups is 7. The number of carbonyl (C=O) groups excluding carboxylic acids is 7. The molecule has 68 heavy (non-hydrogen) atoms. The molecule has 1 aromatic carbocycles. The number of hydrogen-bond donors (Lipinski definition) is 8. The summed E-state index contributed by atoms with van der Waals surface area (Å²) in [6, 6.07) is 2.10. The molecule has 6 atom stereocenters. The van der Waals surface area contributed by atoms with Crippen molar-refractivity contribution >= 4 is 78.2 Å². The van der Waals surface area contributed by atoms with Crippen molar-refractivity contribution in [2.45, 2.75) is 116 Å². The Balaban J connectivity index is 1.46. The second-order valence-electron chi connectivity index (χ2n) is 16.3. The molecule has 24 nitrogen and oxygen atoms in total. The number of aliphatic hydroxyl groups excluding tert-OH is 1. The van der Waals surface area contributed by atoms with Gasteiger partial charge in [0.15, 0.2) is 5.82 Å². The van der Waals surface area contributed by atoms with Gasteiger partial charge in [0.1, 0.15) is 48.0 Å². The number of primary amides is 1. The average Bonchev–Trinajstić information content (AvgIpc) is 4.05. The summed E-state index contributed by atoms with van der Waals surface area (Å²) in [6.45, 7) is 7.47. The second kappa shape index (κ2) is 25.9. The maximum atomic E-state index is 14.1. The Morgan fingerprint density at radius 2 is 1.66 bits per heavy atom. The number of phosphoric ester groups is 1. The number of unbranched alkanes of at least 4 members (excludes halogenated alkanes) is 1. The fraction of sp³-hybridized carbons (Fsp3) is 0.524. The molecule has 3 aromatic rings. The molecule has 1 fully saturated rings. The Kier molecular flexibility index (Phi) is 20.7. The zero-order chi connectivity index (χ0) is 50.1. The molecule has 4 rings (SSSR count). The summed E-state index contributed by atoms with van der Waals surface area (Å²) in [5, 5.41) is 26.3. The van der Waals surface area contributed by atoms with E-state index in [0.29, 0.717) is 61.0 Å². The number of aliphatic hydroxyl groups is 1. The molecule has 0 unspecified atom stereocenters. The summed E-state index contributed by atoms with van der Waals surface area (Å²) in [5.41, 5.74) is 6.49. The van der Waals surface area contributed by atoms with Crippen LogP contribution in [0.15, 0.2) is 53.4 Å². The van der Waals surface area contributed by atoms with E-state index in [1.54, 1.807) is 22.1 Å². The van der Waals surface area contributed by atoms with E-state index >= 15 is 0 Å². The normalized spacial score (nSPS) is 16.1. The Labute approximate surface area is 396 Å². The van der Waals surface area contributed by atoms with Crippen molar-refractivity contribution in [3.63, 3.8) is 0 Å². The molecule has 372 valence electrons. The van der Waals surface area contributed by atoms with Crippen LogP contribution in [0, 0.1) is 5.92 Å². The van der Waals surface area contributed by atoms with Gasteiger partial charge in [-0.25, -0.2) is 14.5 Å². The number of rotatable bonds is 26. The number of aromatic nitrogens is 3. The number of oxime groups is 1. The number of nitrogens with one attached hydrogen (secondary N) is 4. The molecule has 1 aliphatic rings. The SMILES string of the molecule is CC(=O)N(c1ccccc1)c1csc(/C=N\OCCCCn2cncc2C[C@H](NC(=O)[C@H](CC(C)C)NC(=O)[C@@H]2CCCN2C(C)=O)C(=O)N[C@@H](CO)C(=O)N[C@H](C(N)=O)[C@@H](C)OP(=O)(O)O)n1. The van der Waals surface area contributed by atoms with Gasteiger partial charge < -0.3 is 56.2 Å². The second-order valence-corrected chi connectivity index (χ2v) is 18.4. The third-order valence-corrected chi connectivity index (χ3v) is 11.9.